The van der Waals surface area contributed by atoms with Crippen LogP contribution < -0.4 is 16.2 Å². The fourth-order valence-corrected chi connectivity index (χ4v) is 2.38. The van der Waals surface area contributed by atoms with E-state index < -0.39 is 0 Å². The highest BCUT2D eigenvalue weighted by atomic mass is 35.5. The summed E-state index contributed by atoms with van der Waals surface area (Å²) in [6.07, 6.45) is 1.19. The molecule has 2 rings (SSSR count). The van der Waals surface area contributed by atoms with Gasteiger partial charge in [0.15, 0.2) is 0 Å². The molecule has 5 heteroatoms. The largest absolute Gasteiger partial charge is 0.339 e. The van der Waals surface area contributed by atoms with Gasteiger partial charge in [-0.15, -0.1) is 0 Å². The molecule has 1 amide bonds. The lowest BCUT2D eigenvalue weighted by Gasteiger charge is -2.13. The standard InChI is InChI=1S/C14H20ClN3O/c1-9(2)12-8-13(18-17-12)16-14(19)7-10-5-3-4-6-11(10)15/h3-6,9,12-13,17-18H,7-8H2,1-2H3,(H,16,19). The number of rotatable bonds is 4. The van der Waals surface area contributed by atoms with Crippen molar-refractivity contribution in [3.8, 4) is 0 Å². The van der Waals surface area contributed by atoms with E-state index in [1.54, 1.807) is 6.07 Å². The molecule has 1 aromatic carbocycles. The van der Waals surface area contributed by atoms with Crippen LogP contribution in [0.1, 0.15) is 25.8 Å². The second kappa shape index (κ2) is 6.37. The van der Waals surface area contributed by atoms with Crippen LogP contribution >= 0.6 is 11.6 Å². The fraction of sp³-hybridized carbons (Fsp3) is 0.500. The van der Waals surface area contributed by atoms with E-state index in [4.69, 9.17) is 11.6 Å². The molecule has 1 aliphatic rings. The van der Waals surface area contributed by atoms with Gasteiger partial charge in [0.1, 0.15) is 0 Å². The maximum Gasteiger partial charge on any atom is 0.225 e. The normalized spacial score (nSPS) is 22.7. The molecular formula is C14H20ClN3O. The summed E-state index contributed by atoms with van der Waals surface area (Å²) in [4.78, 5) is 12.0. The van der Waals surface area contributed by atoms with Crippen molar-refractivity contribution < 1.29 is 4.79 Å². The summed E-state index contributed by atoms with van der Waals surface area (Å²) < 4.78 is 0. The van der Waals surface area contributed by atoms with Gasteiger partial charge in [-0.3, -0.25) is 10.2 Å². The topological polar surface area (TPSA) is 53.2 Å². The lowest BCUT2D eigenvalue weighted by Crippen LogP contribution is -2.45. The van der Waals surface area contributed by atoms with Crippen molar-refractivity contribution in [2.45, 2.75) is 38.9 Å². The van der Waals surface area contributed by atoms with E-state index in [1.165, 1.54) is 0 Å². The van der Waals surface area contributed by atoms with Crippen molar-refractivity contribution >= 4 is 17.5 Å². The SMILES string of the molecule is CC(C)C1CC(NC(=O)Cc2ccccc2Cl)NN1. The highest BCUT2D eigenvalue weighted by Gasteiger charge is 2.26. The highest BCUT2D eigenvalue weighted by Crippen LogP contribution is 2.16. The Morgan fingerprint density at radius 3 is 2.79 bits per heavy atom. The number of benzene rings is 1. The van der Waals surface area contributed by atoms with Gasteiger partial charge >= 0.3 is 0 Å². The number of hydrogen-bond donors (Lipinski definition) is 3. The van der Waals surface area contributed by atoms with Crippen molar-refractivity contribution in [2.75, 3.05) is 0 Å². The number of halogens is 1. The summed E-state index contributed by atoms with van der Waals surface area (Å²) in [5.74, 6) is 0.523. The Morgan fingerprint density at radius 2 is 2.16 bits per heavy atom. The Kier molecular flexibility index (Phi) is 4.80. The number of amides is 1. The van der Waals surface area contributed by atoms with Crippen LogP contribution in [0.3, 0.4) is 0 Å². The Hall–Kier alpha value is -1.10. The highest BCUT2D eigenvalue weighted by molar-refractivity contribution is 6.31. The molecule has 2 atom stereocenters. The molecule has 0 aromatic heterocycles. The first kappa shape index (κ1) is 14.3. The first-order chi connectivity index (χ1) is 9.06. The van der Waals surface area contributed by atoms with E-state index in [9.17, 15) is 4.79 Å². The summed E-state index contributed by atoms with van der Waals surface area (Å²) >= 11 is 6.04. The van der Waals surface area contributed by atoms with Gasteiger partial charge in [-0.1, -0.05) is 43.6 Å². The zero-order chi connectivity index (χ0) is 13.8. The number of carbonyl (C=O) groups excluding carboxylic acids is 1. The lowest BCUT2D eigenvalue weighted by molar-refractivity contribution is -0.121. The minimum absolute atomic E-state index is 0.0117. The van der Waals surface area contributed by atoms with Crippen molar-refractivity contribution in [1.82, 2.24) is 16.2 Å². The quantitative estimate of drug-likeness (QED) is 0.789. The van der Waals surface area contributed by atoms with Gasteiger partial charge in [-0.2, -0.15) is 0 Å². The van der Waals surface area contributed by atoms with Crippen LogP contribution in [0.2, 0.25) is 5.02 Å². The Bertz CT molecular complexity index is 450. The summed E-state index contributed by atoms with van der Waals surface area (Å²) in [5, 5.41) is 3.60. The Labute approximate surface area is 118 Å². The van der Waals surface area contributed by atoms with Gasteiger partial charge in [-0.05, 0) is 24.0 Å². The third kappa shape index (κ3) is 3.93. The van der Waals surface area contributed by atoms with E-state index in [0.29, 0.717) is 23.4 Å². The van der Waals surface area contributed by atoms with Crippen LogP contribution in [0.15, 0.2) is 24.3 Å². The number of carbonyl (C=O) groups is 1. The van der Waals surface area contributed by atoms with Crippen LogP contribution in [0.4, 0.5) is 0 Å². The molecular weight excluding hydrogens is 262 g/mol. The second-order valence-electron chi connectivity index (χ2n) is 5.26. The van der Waals surface area contributed by atoms with Crippen molar-refractivity contribution in [3.63, 3.8) is 0 Å². The average Bonchev–Trinajstić information content (AvgIpc) is 2.80. The van der Waals surface area contributed by atoms with Gasteiger partial charge in [-0.25, -0.2) is 5.43 Å². The van der Waals surface area contributed by atoms with E-state index in [-0.39, 0.29) is 12.1 Å². The van der Waals surface area contributed by atoms with E-state index >= 15 is 0 Å². The number of hydrogen-bond acceptors (Lipinski definition) is 3. The number of nitrogens with one attached hydrogen (secondary N) is 3. The second-order valence-corrected chi connectivity index (χ2v) is 5.67. The molecule has 0 saturated carbocycles. The Morgan fingerprint density at radius 1 is 1.42 bits per heavy atom. The van der Waals surface area contributed by atoms with Crippen LogP contribution in [0, 0.1) is 5.92 Å². The molecule has 0 aliphatic carbocycles. The minimum atomic E-state index is -0.0168. The average molecular weight is 282 g/mol. The molecule has 1 aliphatic heterocycles. The molecule has 1 fully saturated rings. The Balaban J connectivity index is 1.84. The zero-order valence-electron chi connectivity index (χ0n) is 11.2. The monoisotopic (exact) mass is 281 g/mol. The van der Waals surface area contributed by atoms with E-state index in [1.807, 2.05) is 18.2 Å². The van der Waals surface area contributed by atoms with Gasteiger partial charge in [0.2, 0.25) is 5.91 Å². The smallest absolute Gasteiger partial charge is 0.225 e. The molecule has 3 N–H and O–H groups in total. The van der Waals surface area contributed by atoms with Gasteiger partial charge in [0, 0.05) is 11.1 Å². The minimum Gasteiger partial charge on any atom is -0.339 e. The van der Waals surface area contributed by atoms with Gasteiger partial charge in [0.25, 0.3) is 0 Å². The molecule has 1 aromatic rings. The van der Waals surface area contributed by atoms with Crippen LogP contribution in [-0.4, -0.2) is 18.1 Å². The molecule has 1 heterocycles. The van der Waals surface area contributed by atoms with E-state index in [2.05, 4.69) is 30.0 Å². The summed E-state index contributed by atoms with van der Waals surface area (Å²) in [7, 11) is 0. The summed E-state index contributed by atoms with van der Waals surface area (Å²) in [6.45, 7) is 4.32. The van der Waals surface area contributed by atoms with Crippen LogP contribution in [0.25, 0.3) is 0 Å². The van der Waals surface area contributed by atoms with Gasteiger partial charge < -0.3 is 5.32 Å². The summed E-state index contributed by atoms with van der Waals surface area (Å²) in [6, 6.07) is 7.82. The first-order valence-corrected chi connectivity index (χ1v) is 6.98. The van der Waals surface area contributed by atoms with E-state index in [0.717, 1.165) is 12.0 Å². The first-order valence-electron chi connectivity index (χ1n) is 6.60. The van der Waals surface area contributed by atoms with Gasteiger partial charge in [0.05, 0.1) is 12.6 Å². The third-order valence-corrected chi connectivity index (χ3v) is 3.75. The molecule has 0 radical (unpaired) electrons. The molecule has 0 bridgehead atoms. The predicted molar refractivity (Wildman–Crippen MR) is 76.6 cm³/mol. The van der Waals surface area contributed by atoms with Crippen molar-refractivity contribution in [3.05, 3.63) is 34.9 Å². The molecule has 19 heavy (non-hydrogen) atoms. The molecule has 104 valence electrons. The summed E-state index contributed by atoms with van der Waals surface area (Å²) in [5.41, 5.74) is 7.15. The maximum atomic E-state index is 12.0. The van der Waals surface area contributed by atoms with Crippen molar-refractivity contribution in [2.24, 2.45) is 5.92 Å². The molecule has 4 nitrogen and oxygen atoms in total. The molecule has 2 unspecified atom stereocenters. The fourth-order valence-electron chi connectivity index (χ4n) is 2.17. The third-order valence-electron chi connectivity index (χ3n) is 3.38. The lowest BCUT2D eigenvalue weighted by atomic mass is 10.0. The van der Waals surface area contributed by atoms with Crippen molar-refractivity contribution in [1.29, 1.82) is 0 Å². The number of hydrazine groups is 1. The zero-order valence-corrected chi connectivity index (χ0v) is 12.0. The maximum absolute atomic E-state index is 12.0. The van der Waals surface area contributed by atoms with Crippen LogP contribution in [0.5, 0.6) is 0 Å². The predicted octanol–water partition coefficient (Wildman–Crippen LogP) is 1.85. The molecule has 0 spiro atoms. The van der Waals surface area contributed by atoms with Crippen LogP contribution in [-0.2, 0) is 11.2 Å². The molecule has 1 saturated heterocycles.